The van der Waals surface area contributed by atoms with Crippen molar-refractivity contribution in [2.45, 2.75) is 18.7 Å². The summed E-state index contributed by atoms with van der Waals surface area (Å²) in [6.07, 6.45) is 0. The Hall–Kier alpha value is -3.53. The number of rotatable bonds is 7. The molecule has 0 spiro atoms. The lowest BCUT2D eigenvalue weighted by Crippen LogP contribution is -2.39. The minimum atomic E-state index is -4.22. The number of sulfonamides is 1. The lowest BCUT2D eigenvalue weighted by atomic mass is 10.2. The van der Waals surface area contributed by atoms with Gasteiger partial charge in [0.15, 0.2) is 0 Å². The van der Waals surface area contributed by atoms with E-state index >= 15 is 0 Å². The second-order valence-electron chi connectivity index (χ2n) is 8.38. The zero-order chi connectivity index (χ0) is 26.9. The number of carbonyl (C=O) groups excluding carboxylic acids is 1. The van der Waals surface area contributed by atoms with Crippen molar-refractivity contribution in [2.75, 3.05) is 16.2 Å². The van der Waals surface area contributed by atoms with Crippen LogP contribution in [0.15, 0.2) is 82.5 Å². The van der Waals surface area contributed by atoms with Crippen LogP contribution in [0.25, 0.3) is 5.69 Å². The fourth-order valence-electron chi connectivity index (χ4n) is 3.84. The molecule has 1 aromatic heterocycles. The highest BCUT2D eigenvalue weighted by Crippen LogP contribution is 2.35. The van der Waals surface area contributed by atoms with Gasteiger partial charge in [-0.1, -0.05) is 65.2 Å². The van der Waals surface area contributed by atoms with Crippen LogP contribution in [0.4, 0.5) is 11.4 Å². The third kappa shape index (κ3) is 5.16. The van der Waals surface area contributed by atoms with E-state index < -0.39 is 28.0 Å². The van der Waals surface area contributed by atoms with Gasteiger partial charge < -0.3 is 5.32 Å². The van der Waals surface area contributed by atoms with Gasteiger partial charge in [-0.15, -0.1) is 0 Å². The molecular formula is C26H24Cl2N4O4S. The number of hydrogen-bond donors (Lipinski definition) is 1. The summed E-state index contributed by atoms with van der Waals surface area (Å²) in [6, 6.07) is 19.7. The normalized spacial score (nSPS) is 11.4. The number of anilines is 2. The summed E-state index contributed by atoms with van der Waals surface area (Å²) in [4.78, 5) is 26.4. The van der Waals surface area contributed by atoms with Crippen molar-refractivity contribution in [2.24, 2.45) is 7.05 Å². The van der Waals surface area contributed by atoms with Crippen molar-refractivity contribution in [3.63, 3.8) is 0 Å². The van der Waals surface area contributed by atoms with E-state index in [0.717, 1.165) is 9.87 Å². The lowest BCUT2D eigenvalue weighted by Gasteiger charge is -2.25. The summed E-state index contributed by atoms with van der Waals surface area (Å²) < 4.78 is 31.2. The highest BCUT2D eigenvalue weighted by atomic mass is 35.5. The van der Waals surface area contributed by atoms with Gasteiger partial charge in [0.1, 0.15) is 12.2 Å². The molecule has 192 valence electrons. The molecule has 8 nitrogen and oxygen atoms in total. The summed E-state index contributed by atoms with van der Waals surface area (Å²) in [6.45, 7) is 2.88. The molecule has 4 rings (SSSR count). The number of carbonyl (C=O) groups is 1. The molecule has 0 unspecified atom stereocenters. The topological polar surface area (TPSA) is 93.4 Å². The molecule has 1 N–H and O–H groups in total. The first-order valence-corrected chi connectivity index (χ1v) is 13.4. The molecule has 0 saturated carbocycles. The van der Waals surface area contributed by atoms with Crippen LogP contribution >= 0.6 is 23.2 Å². The highest BCUT2D eigenvalue weighted by Gasteiger charge is 2.30. The molecule has 1 heterocycles. The van der Waals surface area contributed by atoms with Crippen LogP contribution in [0.1, 0.15) is 11.3 Å². The number of nitrogens with one attached hydrogen (secondary N) is 1. The van der Waals surface area contributed by atoms with E-state index in [1.165, 1.54) is 28.9 Å². The Morgan fingerprint density at radius 2 is 1.59 bits per heavy atom. The largest absolute Gasteiger partial charge is 0.318 e. The van der Waals surface area contributed by atoms with Gasteiger partial charge in [-0.3, -0.25) is 18.6 Å². The molecule has 37 heavy (non-hydrogen) atoms. The second-order valence-corrected chi connectivity index (χ2v) is 11.0. The van der Waals surface area contributed by atoms with Crippen LogP contribution in [-0.4, -0.2) is 30.2 Å². The van der Waals surface area contributed by atoms with Gasteiger partial charge in [0.25, 0.3) is 15.6 Å². The minimum absolute atomic E-state index is 0.0185. The van der Waals surface area contributed by atoms with Crippen molar-refractivity contribution in [1.82, 2.24) is 9.36 Å². The zero-order valence-electron chi connectivity index (χ0n) is 20.3. The molecule has 0 aliphatic carbocycles. The number of hydrogen-bond acceptors (Lipinski definition) is 4. The highest BCUT2D eigenvalue weighted by molar-refractivity contribution is 7.92. The zero-order valence-corrected chi connectivity index (χ0v) is 22.6. The van der Waals surface area contributed by atoms with Gasteiger partial charge in [0, 0.05) is 7.05 Å². The Balaban J connectivity index is 1.73. The third-order valence-corrected chi connectivity index (χ3v) is 8.50. The van der Waals surface area contributed by atoms with Crippen LogP contribution in [-0.2, 0) is 21.9 Å². The summed E-state index contributed by atoms with van der Waals surface area (Å²) >= 11 is 12.5. The monoisotopic (exact) mass is 558 g/mol. The minimum Gasteiger partial charge on any atom is -0.318 e. The molecule has 3 aromatic carbocycles. The van der Waals surface area contributed by atoms with E-state index in [-0.39, 0.29) is 26.3 Å². The van der Waals surface area contributed by atoms with Crippen LogP contribution < -0.4 is 15.2 Å². The van der Waals surface area contributed by atoms with E-state index in [1.54, 1.807) is 61.1 Å². The first-order chi connectivity index (χ1) is 17.5. The Morgan fingerprint density at radius 3 is 2.24 bits per heavy atom. The van der Waals surface area contributed by atoms with Gasteiger partial charge in [-0.2, -0.15) is 0 Å². The predicted molar refractivity (Wildman–Crippen MR) is 147 cm³/mol. The Kier molecular flexibility index (Phi) is 7.49. The van der Waals surface area contributed by atoms with Crippen LogP contribution in [0.2, 0.25) is 10.0 Å². The summed E-state index contributed by atoms with van der Waals surface area (Å²) in [5.74, 6) is -0.724. The molecule has 0 radical (unpaired) electrons. The van der Waals surface area contributed by atoms with Crippen molar-refractivity contribution in [1.29, 1.82) is 0 Å². The third-order valence-electron chi connectivity index (χ3n) is 5.91. The molecule has 1 amide bonds. The van der Waals surface area contributed by atoms with Gasteiger partial charge in [0.2, 0.25) is 5.91 Å². The smallest absolute Gasteiger partial charge is 0.295 e. The Bertz CT molecular complexity index is 1630. The van der Waals surface area contributed by atoms with Crippen LogP contribution in [0, 0.1) is 13.8 Å². The van der Waals surface area contributed by atoms with Gasteiger partial charge in [0.05, 0.1) is 32.0 Å². The standard InChI is InChI=1S/C26H24Cl2N4O4S/c1-17-12-14-20(15-13-17)37(35,36)31(22-11-7-10-21(27)24(22)28)16-23(33)29-25-18(2)30(3)32(26(25)34)19-8-5-4-6-9-19/h4-15H,16H2,1-3H3,(H,29,33). The Morgan fingerprint density at radius 1 is 0.946 bits per heavy atom. The Labute approximate surface area is 224 Å². The molecule has 0 aliphatic rings. The van der Waals surface area contributed by atoms with Crippen molar-refractivity contribution < 1.29 is 13.2 Å². The molecule has 0 atom stereocenters. The summed E-state index contributed by atoms with van der Waals surface area (Å²) in [5.41, 5.74) is 1.62. The quantitative estimate of drug-likeness (QED) is 0.348. The van der Waals surface area contributed by atoms with Crippen LogP contribution in [0.5, 0.6) is 0 Å². The molecule has 11 heteroatoms. The fraction of sp³-hybridized carbons (Fsp3) is 0.154. The lowest BCUT2D eigenvalue weighted by molar-refractivity contribution is -0.114. The van der Waals surface area contributed by atoms with Crippen molar-refractivity contribution >= 4 is 50.5 Å². The second kappa shape index (κ2) is 10.5. The molecule has 0 saturated heterocycles. The number of benzene rings is 3. The van der Waals surface area contributed by atoms with Crippen LogP contribution in [0.3, 0.4) is 0 Å². The van der Waals surface area contributed by atoms with Crippen molar-refractivity contribution in [3.8, 4) is 5.69 Å². The molecular weight excluding hydrogens is 535 g/mol. The first kappa shape index (κ1) is 26.5. The maximum atomic E-state index is 13.6. The number of halogens is 2. The first-order valence-electron chi connectivity index (χ1n) is 11.2. The SMILES string of the molecule is Cc1ccc(S(=O)(=O)N(CC(=O)Nc2c(C)n(C)n(-c3ccccc3)c2=O)c2cccc(Cl)c2Cl)cc1. The van der Waals surface area contributed by atoms with E-state index in [9.17, 15) is 18.0 Å². The van der Waals surface area contributed by atoms with E-state index in [0.29, 0.717) is 11.4 Å². The maximum absolute atomic E-state index is 13.6. The maximum Gasteiger partial charge on any atom is 0.295 e. The van der Waals surface area contributed by atoms with Gasteiger partial charge >= 0.3 is 0 Å². The predicted octanol–water partition coefficient (Wildman–Crippen LogP) is 4.93. The van der Waals surface area contributed by atoms with Crippen molar-refractivity contribution in [3.05, 3.63) is 104 Å². The average Bonchev–Trinajstić information content (AvgIpc) is 3.08. The fourth-order valence-corrected chi connectivity index (χ4v) is 5.72. The van der Waals surface area contributed by atoms with E-state index in [4.69, 9.17) is 23.2 Å². The van der Waals surface area contributed by atoms with E-state index in [1.807, 2.05) is 13.0 Å². The van der Waals surface area contributed by atoms with Gasteiger partial charge in [-0.05, 0) is 50.2 Å². The summed E-state index contributed by atoms with van der Waals surface area (Å²) in [5, 5.41) is 2.72. The summed E-state index contributed by atoms with van der Waals surface area (Å²) in [7, 11) is -2.53. The number of para-hydroxylation sites is 1. The van der Waals surface area contributed by atoms with Gasteiger partial charge in [-0.25, -0.2) is 13.1 Å². The average molecular weight is 559 g/mol. The number of aryl methyl sites for hydroxylation is 1. The molecule has 0 bridgehead atoms. The molecule has 0 fully saturated rings. The number of aromatic nitrogens is 2. The van der Waals surface area contributed by atoms with E-state index in [2.05, 4.69) is 5.32 Å². The number of amides is 1. The molecule has 0 aliphatic heterocycles. The number of nitrogens with zero attached hydrogens (tertiary/aromatic N) is 3. The molecule has 4 aromatic rings.